The van der Waals surface area contributed by atoms with Gasteiger partial charge in [-0.05, 0) is 49.7 Å². The van der Waals surface area contributed by atoms with Crippen LogP contribution >= 0.6 is 0 Å². The summed E-state index contributed by atoms with van der Waals surface area (Å²) in [5.74, 6) is 0.153. The minimum atomic E-state index is -4.58. The van der Waals surface area contributed by atoms with Gasteiger partial charge >= 0.3 is 6.18 Å². The van der Waals surface area contributed by atoms with Gasteiger partial charge in [-0.1, -0.05) is 17.7 Å². The Labute approximate surface area is 158 Å². The second kappa shape index (κ2) is 6.40. The number of benzene rings is 2. The molecule has 0 atom stereocenters. The van der Waals surface area contributed by atoms with Crippen LogP contribution in [0.2, 0.25) is 0 Å². The van der Waals surface area contributed by atoms with Gasteiger partial charge in [0.05, 0.1) is 17.1 Å². The van der Waals surface area contributed by atoms with E-state index < -0.39 is 11.9 Å². The molecule has 1 N–H and O–H groups in total. The lowest BCUT2D eigenvalue weighted by Crippen LogP contribution is -2.25. The average Bonchev–Trinajstić information content (AvgIpc) is 3.06. The number of amides is 1. The van der Waals surface area contributed by atoms with Crippen LogP contribution in [0.5, 0.6) is 5.75 Å². The first-order chi connectivity index (χ1) is 13.2. The molecule has 0 radical (unpaired) electrons. The Morgan fingerprint density at radius 3 is 2.61 bits per heavy atom. The van der Waals surface area contributed by atoms with Crippen molar-refractivity contribution in [2.75, 3.05) is 11.9 Å². The van der Waals surface area contributed by atoms with Crippen molar-refractivity contribution in [2.24, 2.45) is 0 Å². The second-order valence-corrected chi connectivity index (χ2v) is 6.66. The van der Waals surface area contributed by atoms with Crippen molar-refractivity contribution in [2.45, 2.75) is 20.0 Å². The zero-order valence-electron chi connectivity index (χ0n) is 15.1. The van der Waals surface area contributed by atoms with Gasteiger partial charge in [-0.25, -0.2) is 4.68 Å². The number of rotatable bonds is 2. The van der Waals surface area contributed by atoms with Crippen molar-refractivity contribution in [3.8, 4) is 22.7 Å². The summed E-state index contributed by atoms with van der Waals surface area (Å²) in [4.78, 5) is 11.6. The standard InChI is InChI=1S/C20H16F3N3O2/c1-11-3-5-15(12(2)7-11)26-16(9-18(25-26)20(21,22)23)13-4-6-17-14(8-13)24-19(27)10-28-17/h3-9H,10H2,1-2H3,(H,24,27). The van der Waals surface area contributed by atoms with E-state index in [9.17, 15) is 18.0 Å². The highest BCUT2D eigenvalue weighted by Crippen LogP contribution is 2.37. The molecule has 28 heavy (non-hydrogen) atoms. The minimum absolute atomic E-state index is 0.0922. The molecule has 144 valence electrons. The van der Waals surface area contributed by atoms with Crippen molar-refractivity contribution in [3.05, 3.63) is 59.3 Å². The highest BCUT2D eigenvalue weighted by molar-refractivity contribution is 5.96. The van der Waals surface area contributed by atoms with Gasteiger partial charge in [0.15, 0.2) is 12.3 Å². The van der Waals surface area contributed by atoms with E-state index >= 15 is 0 Å². The van der Waals surface area contributed by atoms with Gasteiger partial charge in [-0.2, -0.15) is 18.3 Å². The number of alkyl halides is 3. The van der Waals surface area contributed by atoms with E-state index in [2.05, 4.69) is 10.4 Å². The highest BCUT2D eigenvalue weighted by atomic mass is 19.4. The molecule has 1 aromatic heterocycles. The Kier molecular flexibility index (Phi) is 4.14. The first-order valence-corrected chi connectivity index (χ1v) is 8.54. The summed E-state index contributed by atoms with van der Waals surface area (Å²) in [6.07, 6.45) is -4.58. The first-order valence-electron chi connectivity index (χ1n) is 8.54. The maximum absolute atomic E-state index is 13.3. The molecule has 0 spiro atoms. The number of aromatic nitrogens is 2. The van der Waals surface area contributed by atoms with E-state index in [1.807, 2.05) is 26.0 Å². The molecule has 0 aliphatic carbocycles. The largest absolute Gasteiger partial charge is 0.482 e. The Balaban J connectivity index is 1.90. The third kappa shape index (κ3) is 3.21. The number of fused-ring (bicyclic) bond motifs is 1. The van der Waals surface area contributed by atoms with Gasteiger partial charge in [0.1, 0.15) is 5.75 Å². The Morgan fingerprint density at radius 1 is 1.11 bits per heavy atom. The van der Waals surface area contributed by atoms with Gasteiger partial charge in [-0.3, -0.25) is 4.79 Å². The molecular formula is C20H16F3N3O2. The molecule has 8 heteroatoms. The van der Waals surface area contributed by atoms with Gasteiger partial charge < -0.3 is 10.1 Å². The highest BCUT2D eigenvalue weighted by Gasteiger charge is 2.35. The van der Waals surface area contributed by atoms with Crippen molar-refractivity contribution in [1.82, 2.24) is 9.78 Å². The topological polar surface area (TPSA) is 56.2 Å². The Hall–Kier alpha value is -3.29. The number of hydrogen-bond donors (Lipinski definition) is 1. The monoisotopic (exact) mass is 387 g/mol. The summed E-state index contributed by atoms with van der Waals surface area (Å²) >= 11 is 0. The number of carbonyl (C=O) groups excluding carboxylic acids is 1. The van der Waals surface area contributed by atoms with Crippen LogP contribution in [0.4, 0.5) is 18.9 Å². The number of aryl methyl sites for hydroxylation is 2. The predicted molar refractivity (Wildman–Crippen MR) is 97.6 cm³/mol. The molecule has 2 heterocycles. The van der Waals surface area contributed by atoms with Crippen LogP contribution in [-0.4, -0.2) is 22.3 Å². The number of hydrogen-bond acceptors (Lipinski definition) is 3. The fourth-order valence-electron chi connectivity index (χ4n) is 3.19. The number of halogens is 3. The molecule has 0 unspecified atom stereocenters. The third-order valence-electron chi connectivity index (χ3n) is 4.49. The number of anilines is 1. The molecular weight excluding hydrogens is 371 g/mol. The van der Waals surface area contributed by atoms with Crippen molar-refractivity contribution in [1.29, 1.82) is 0 Å². The fourth-order valence-corrected chi connectivity index (χ4v) is 3.19. The molecule has 4 rings (SSSR count). The SMILES string of the molecule is Cc1ccc(-n2nc(C(F)(F)F)cc2-c2ccc3c(c2)NC(=O)CO3)c(C)c1. The van der Waals surface area contributed by atoms with Crippen molar-refractivity contribution >= 4 is 11.6 Å². The number of ether oxygens (including phenoxy) is 1. The molecule has 1 aliphatic rings. The van der Waals surface area contributed by atoms with Crippen LogP contribution in [-0.2, 0) is 11.0 Å². The molecule has 0 saturated heterocycles. The summed E-state index contributed by atoms with van der Waals surface area (Å²) in [6.45, 7) is 3.64. The summed E-state index contributed by atoms with van der Waals surface area (Å²) in [5.41, 5.74) is 2.52. The lowest BCUT2D eigenvalue weighted by atomic mass is 10.1. The maximum atomic E-state index is 13.3. The molecule has 3 aromatic rings. The lowest BCUT2D eigenvalue weighted by Gasteiger charge is -2.19. The molecule has 0 bridgehead atoms. The van der Waals surface area contributed by atoms with E-state index in [1.54, 1.807) is 24.3 Å². The van der Waals surface area contributed by atoms with Gasteiger partial charge in [0.2, 0.25) is 0 Å². The number of nitrogens with one attached hydrogen (secondary N) is 1. The van der Waals surface area contributed by atoms with Gasteiger partial charge in [-0.15, -0.1) is 0 Å². The van der Waals surface area contributed by atoms with E-state index in [1.165, 1.54) is 4.68 Å². The van der Waals surface area contributed by atoms with Crippen LogP contribution < -0.4 is 10.1 Å². The smallest absolute Gasteiger partial charge is 0.435 e. The zero-order valence-corrected chi connectivity index (χ0v) is 15.1. The van der Waals surface area contributed by atoms with Crippen LogP contribution in [0.15, 0.2) is 42.5 Å². The van der Waals surface area contributed by atoms with Crippen LogP contribution in [0.3, 0.4) is 0 Å². The predicted octanol–water partition coefficient (Wildman–Crippen LogP) is 4.51. The first kappa shape index (κ1) is 18.1. The maximum Gasteiger partial charge on any atom is 0.435 e. The Bertz CT molecular complexity index is 1090. The number of carbonyl (C=O) groups is 1. The van der Waals surface area contributed by atoms with E-state index in [-0.39, 0.29) is 18.2 Å². The van der Waals surface area contributed by atoms with E-state index in [0.29, 0.717) is 22.7 Å². The van der Waals surface area contributed by atoms with E-state index in [4.69, 9.17) is 4.74 Å². The molecule has 1 aliphatic heterocycles. The zero-order chi connectivity index (χ0) is 20.1. The second-order valence-electron chi connectivity index (χ2n) is 6.66. The van der Waals surface area contributed by atoms with Crippen LogP contribution in [0, 0.1) is 13.8 Å². The quantitative estimate of drug-likeness (QED) is 0.704. The van der Waals surface area contributed by atoms with E-state index in [0.717, 1.165) is 17.2 Å². The summed E-state index contributed by atoms with van der Waals surface area (Å²) in [5, 5.41) is 6.49. The van der Waals surface area contributed by atoms with Crippen molar-refractivity contribution in [3.63, 3.8) is 0 Å². The lowest BCUT2D eigenvalue weighted by molar-refractivity contribution is -0.141. The molecule has 0 fully saturated rings. The molecule has 5 nitrogen and oxygen atoms in total. The van der Waals surface area contributed by atoms with Gasteiger partial charge in [0, 0.05) is 5.56 Å². The third-order valence-corrected chi connectivity index (χ3v) is 4.49. The number of nitrogens with zero attached hydrogens (tertiary/aromatic N) is 2. The Morgan fingerprint density at radius 2 is 1.89 bits per heavy atom. The van der Waals surface area contributed by atoms with Crippen molar-refractivity contribution < 1.29 is 22.7 Å². The summed E-state index contributed by atoms with van der Waals surface area (Å²) < 4.78 is 46.6. The molecule has 2 aromatic carbocycles. The minimum Gasteiger partial charge on any atom is -0.482 e. The molecule has 1 amide bonds. The molecule has 0 saturated carbocycles. The normalized spacial score (nSPS) is 13.7. The summed E-state index contributed by atoms with van der Waals surface area (Å²) in [6, 6.07) is 11.3. The summed E-state index contributed by atoms with van der Waals surface area (Å²) in [7, 11) is 0. The van der Waals surface area contributed by atoms with Crippen LogP contribution in [0.1, 0.15) is 16.8 Å². The van der Waals surface area contributed by atoms with Gasteiger partial charge in [0.25, 0.3) is 5.91 Å². The fraction of sp³-hybridized carbons (Fsp3) is 0.200. The average molecular weight is 387 g/mol. The van der Waals surface area contributed by atoms with Crippen LogP contribution in [0.25, 0.3) is 16.9 Å².